The third-order valence-electron chi connectivity index (χ3n) is 9.46. The van der Waals surface area contributed by atoms with Crippen molar-refractivity contribution in [3.05, 3.63) is 83.6 Å². The maximum absolute atomic E-state index is 14.4. The number of methoxy groups -OCH3 is 1. The lowest BCUT2D eigenvalue weighted by Gasteiger charge is -2.37. The zero-order valence-electron chi connectivity index (χ0n) is 26.5. The monoisotopic (exact) mass is 610 g/mol. The molecule has 8 nitrogen and oxygen atoms in total. The molecule has 8 heteroatoms. The molecule has 3 atom stereocenters. The molecule has 2 fully saturated rings. The van der Waals surface area contributed by atoms with Gasteiger partial charge in [-0.2, -0.15) is 0 Å². The third kappa shape index (κ3) is 7.67. The Hall–Kier alpha value is -3.91. The van der Waals surface area contributed by atoms with Crippen molar-refractivity contribution in [1.82, 2.24) is 15.1 Å². The molecule has 4 heterocycles. The minimum atomic E-state index is -0.559. The number of fused-ring (bicyclic) bond motifs is 2. The summed E-state index contributed by atoms with van der Waals surface area (Å²) in [4.78, 5) is 37.2. The van der Waals surface area contributed by atoms with E-state index in [2.05, 4.69) is 16.3 Å². The predicted octanol–water partition coefficient (Wildman–Crippen LogP) is 5.73. The number of benzene rings is 2. The minimum absolute atomic E-state index is 0.0783. The molecule has 45 heavy (non-hydrogen) atoms. The minimum Gasteiger partial charge on any atom is -0.497 e. The molecule has 0 aromatic heterocycles. The first-order chi connectivity index (χ1) is 22.1. The van der Waals surface area contributed by atoms with E-state index in [4.69, 9.17) is 14.5 Å². The van der Waals surface area contributed by atoms with Crippen LogP contribution in [0.15, 0.2) is 77.5 Å². The smallest absolute Gasteiger partial charge is 0.243 e. The normalized spacial score (nSPS) is 25.9. The van der Waals surface area contributed by atoms with Gasteiger partial charge in [0, 0.05) is 37.1 Å². The summed E-state index contributed by atoms with van der Waals surface area (Å²) in [5, 5.41) is 3.08. The third-order valence-corrected chi connectivity index (χ3v) is 9.46. The van der Waals surface area contributed by atoms with Crippen LogP contribution in [0.3, 0.4) is 0 Å². The van der Waals surface area contributed by atoms with Gasteiger partial charge >= 0.3 is 0 Å². The summed E-state index contributed by atoms with van der Waals surface area (Å²) in [5.74, 6) is 1.50. The number of amides is 2. The van der Waals surface area contributed by atoms with Gasteiger partial charge in [0.1, 0.15) is 23.7 Å². The molecular formula is C37H46N4O4. The highest BCUT2D eigenvalue weighted by Gasteiger charge is 2.44. The van der Waals surface area contributed by atoms with Crippen molar-refractivity contribution >= 4 is 23.2 Å². The Morgan fingerprint density at radius 2 is 1.73 bits per heavy atom. The number of allylic oxidation sites excluding steroid dienone is 3. The molecule has 2 amide bonds. The molecule has 0 aliphatic carbocycles. The highest BCUT2D eigenvalue weighted by molar-refractivity contribution is 6.10. The first-order valence-electron chi connectivity index (χ1n) is 16.7. The van der Waals surface area contributed by atoms with Crippen LogP contribution in [0.4, 0.5) is 5.69 Å². The van der Waals surface area contributed by atoms with Gasteiger partial charge in [0.05, 0.1) is 31.1 Å². The van der Waals surface area contributed by atoms with Crippen LogP contribution in [-0.4, -0.2) is 78.8 Å². The summed E-state index contributed by atoms with van der Waals surface area (Å²) in [6.45, 7) is 2.76. The number of hydrogen-bond acceptors (Lipinski definition) is 6. The second-order valence-electron chi connectivity index (χ2n) is 12.6. The molecule has 0 radical (unpaired) electrons. The van der Waals surface area contributed by atoms with Crippen LogP contribution in [0.25, 0.3) is 0 Å². The number of piperidine rings is 1. The Bertz CT molecular complexity index is 1430. The zero-order chi connectivity index (χ0) is 31.0. The number of ether oxygens (including phenoxy) is 2. The van der Waals surface area contributed by atoms with Crippen LogP contribution in [0, 0.1) is 0 Å². The van der Waals surface area contributed by atoms with Gasteiger partial charge < -0.3 is 19.7 Å². The standard InChI is InChI=1S/C37H46N4O4/c1-44-29-18-17-28-22-30(24-32(39-33(28)23-29)27-14-8-6-9-15-27)45-31-25-35-36(42)38-19-11-5-3-2-4-10-16-34(37(43)41(35)26-31)40-20-12-7-13-21-40/h5-6,8-9,11,14-15,17-18,23-24,31,34-35H,2-4,7,10,12-13,16,19-22,25-26H2,1H3,(H,38,42)/b11-5-/t31-,34+,35+/m1/s1. The van der Waals surface area contributed by atoms with E-state index in [9.17, 15) is 9.59 Å². The summed E-state index contributed by atoms with van der Waals surface area (Å²) in [5.41, 5.74) is 3.68. The number of carbonyl (C=O) groups is 2. The van der Waals surface area contributed by atoms with E-state index in [1.807, 2.05) is 65.6 Å². The van der Waals surface area contributed by atoms with Gasteiger partial charge in [-0.25, -0.2) is 4.99 Å². The van der Waals surface area contributed by atoms with Crippen molar-refractivity contribution in [3.63, 3.8) is 0 Å². The Morgan fingerprint density at radius 1 is 0.911 bits per heavy atom. The van der Waals surface area contributed by atoms with Gasteiger partial charge in [-0.3, -0.25) is 14.5 Å². The molecule has 4 aliphatic rings. The number of carbonyl (C=O) groups excluding carboxylic acids is 2. The van der Waals surface area contributed by atoms with E-state index in [0.29, 0.717) is 25.9 Å². The lowest BCUT2D eigenvalue weighted by Crippen LogP contribution is -2.54. The van der Waals surface area contributed by atoms with E-state index in [1.54, 1.807) is 7.11 Å². The van der Waals surface area contributed by atoms with Crippen LogP contribution in [0.2, 0.25) is 0 Å². The number of hydrogen-bond donors (Lipinski definition) is 1. The summed E-state index contributed by atoms with van der Waals surface area (Å²) in [7, 11) is 1.66. The van der Waals surface area contributed by atoms with Crippen molar-refractivity contribution < 1.29 is 19.1 Å². The number of nitrogens with one attached hydrogen (secondary N) is 1. The van der Waals surface area contributed by atoms with Crippen LogP contribution in [0.1, 0.15) is 68.9 Å². The fraction of sp³-hybridized carbons (Fsp3) is 0.486. The molecule has 0 spiro atoms. The van der Waals surface area contributed by atoms with Gasteiger partial charge in [-0.1, -0.05) is 67.8 Å². The molecule has 238 valence electrons. The summed E-state index contributed by atoms with van der Waals surface area (Å²) < 4.78 is 12.2. The summed E-state index contributed by atoms with van der Waals surface area (Å²) in [6, 6.07) is 15.3. The lowest BCUT2D eigenvalue weighted by atomic mass is 10.0. The van der Waals surface area contributed by atoms with Gasteiger partial charge in [0.25, 0.3) is 0 Å². The van der Waals surface area contributed by atoms with Crippen molar-refractivity contribution in [1.29, 1.82) is 0 Å². The molecule has 2 aromatic rings. The topological polar surface area (TPSA) is 83.5 Å². The molecule has 2 saturated heterocycles. The molecule has 0 unspecified atom stereocenters. The molecular weight excluding hydrogens is 564 g/mol. The number of aliphatic imine (C=N–C) groups is 1. The maximum Gasteiger partial charge on any atom is 0.243 e. The van der Waals surface area contributed by atoms with E-state index in [1.165, 1.54) is 6.42 Å². The molecule has 4 aliphatic heterocycles. The maximum atomic E-state index is 14.4. The Morgan fingerprint density at radius 3 is 2.56 bits per heavy atom. The van der Waals surface area contributed by atoms with Crippen LogP contribution in [-0.2, 0) is 20.7 Å². The first-order valence-corrected chi connectivity index (χ1v) is 16.7. The first kappa shape index (κ1) is 31.1. The second kappa shape index (κ2) is 14.9. The van der Waals surface area contributed by atoms with Crippen molar-refractivity contribution in [2.75, 3.05) is 33.3 Å². The lowest BCUT2D eigenvalue weighted by molar-refractivity contribution is -0.143. The Labute approximate surface area is 267 Å². The average Bonchev–Trinajstić information content (AvgIpc) is 3.40. The molecule has 0 saturated carbocycles. The fourth-order valence-corrected chi connectivity index (χ4v) is 7.04. The van der Waals surface area contributed by atoms with Gasteiger partial charge in [0.2, 0.25) is 11.8 Å². The highest BCUT2D eigenvalue weighted by atomic mass is 16.5. The predicted molar refractivity (Wildman–Crippen MR) is 177 cm³/mol. The van der Waals surface area contributed by atoms with Crippen molar-refractivity contribution in [2.24, 2.45) is 4.99 Å². The van der Waals surface area contributed by atoms with Crippen molar-refractivity contribution in [2.45, 2.75) is 82.4 Å². The molecule has 2 aromatic carbocycles. The quantitative estimate of drug-likeness (QED) is 0.437. The highest BCUT2D eigenvalue weighted by Crippen LogP contribution is 2.33. The second-order valence-corrected chi connectivity index (χ2v) is 12.6. The fourth-order valence-electron chi connectivity index (χ4n) is 7.04. The SMILES string of the molecule is COc1ccc2c(c1)N=C(c1ccccc1)C=C(O[C@@H]1C[C@H]3C(=O)NC/C=C\CCCCC[C@H](N4CCCCC4)C(=O)N3C1)C2. The summed E-state index contributed by atoms with van der Waals surface area (Å²) in [6.07, 6.45) is 15.4. The average molecular weight is 611 g/mol. The van der Waals surface area contributed by atoms with E-state index < -0.39 is 6.04 Å². The summed E-state index contributed by atoms with van der Waals surface area (Å²) >= 11 is 0. The van der Waals surface area contributed by atoms with Gasteiger partial charge in [0.15, 0.2) is 0 Å². The zero-order valence-corrected chi connectivity index (χ0v) is 26.5. The van der Waals surface area contributed by atoms with E-state index in [0.717, 1.165) is 92.1 Å². The number of rotatable bonds is 5. The molecule has 1 N–H and O–H groups in total. The van der Waals surface area contributed by atoms with E-state index >= 15 is 0 Å². The molecule has 6 rings (SSSR count). The number of likely N-dealkylation sites (tertiary alicyclic amines) is 1. The van der Waals surface area contributed by atoms with E-state index in [-0.39, 0.29) is 24.0 Å². The largest absolute Gasteiger partial charge is 0.497 e. The Kier molecular flexibility index (Phi) is 10.3. The molecule has 0 bridgehead atoms. The van der Waals surface area contributed by atoms with Crippen LogP contribution < -0.4 is 10.1 Å². The number of nitrogens with zero attached hydrogens (tertiary/aromatic N) is 3. The van der Waals surface area contributed by atoms with Gasteiger partial charge in [-0.15, -0.1) is 0 Å². The Balaban J connectivity index is 1.27. The van der Waals surface area contributed by atoms with Crippen LogP contribution in [0.5, 0.6) is 5.75 Å². The van der Waals surface area contributed by atoms with Crippen molar-refractivity contribution in [3.8, 4) is 5.75 Å². The van der Waals surface area contributed by atoms with Gasteiger partial charge in [-0.05, 0) is 56.8 Å². The van der Waals surface area contributed by atoms with Crippen LogP contribution >= 0.6 is 0 Å².